The van der Waals surface area contributed by atoms with E-state index < -0.39 is 9.84 Å². The van der Waals surface area contributed by atoms with Gasteiger partial charge in [0.15, 0.2) is 5.75 Å². The highest BCUT2D eigenvalue weighted by molar-refractivity contribution is 7.91. The van der Waals surface area contributed by atoms with Gasteiger partial charge in [-0.3, -0.25) is 9.78 Å². The van der Waals surface area contributed by atoms with Crippen molar-refractivity contribution in [1.29, 1.82) is 0 Å². The zero-order chi connectivity index (χ0) is 13.6. The van der Waals surface area contributed by atoms with Gasteiger partial charge >= 0.3 is 0 Å². The van der Waals surface area contributed by atoms with Gasteiger partial charge in [-0.25, -0.2) is 8.42 Å². The van der Waals surface area contributed by atoms with Crippen molar-refractivity contribution in [1.82, 2.24) is 0 Å². The highest BCUT2D eigenvalue weighted by Crippen LogP contribution is 2.43. The molecule has 0 radical (unpaired) electrons. The molecule has 1 aliphatic heterocycles. The Bertz CT molecular complexity index is 771. The van der Waals surface area contributed by atoms with Crippen LogP contribution < -0.4 is 9.78 Å². The van der Waals surface area contributed by atoms with Crippen LogP contribution in [-0.2, 0) is 9.84 Å². The standard InChI is InChI=1S/C12H6Cl2O4S/c13-7-5-6-10-12(11(7)14)18-17-8-3-1-2-4-9(8)19(10,15)16/h1-6H. The molecule has 2 aromatic rings. The van der Waals surface area contributed by atoms with Gasteiger partial charge in [0.05, 0.1) is 5.02 Å². The average molecular weight is 317 g/mol. The third-order valence-electron chi connectivity index (χ3n) is 2.66. The molecule has 0 aliphatic carbocycles. The maximum Gasteiger partial charge on any atom is 0.217 e. The van der Waals surface area contributed by atoms with Crippen LogP contribution in [-0.4, -0.2) is 8.42 Å². The molecule has 0 unspecified atom stereocenters. The Hall–Kier alpha value is -1.43. The van der Waals surface area contributed by atoms with Crippen molar-refractivity contribution in [2.45, 2.75) is 9.79 Å². The summed E-state index contributed by atoms with van der Waals surface area (Å²) in [7, 11) is -3.77. The molecule has 0 saturated carbocycles. The molecule has 0 N–H and O–H groups in total. The Labute approximate surface area is 119 Å². The SMILES string of the molecule is O=S1(=O)c2ccccc2OOc2c1ccc(Cl)c2Cl. The highest BCUT2D eigenvalue weighted by atomic mass is 35.5. The van der Waals surface area contributed by atoms with E-state index in [1.165, 1.54) is 24.3 Å². The summed E-state index contributed by atoms with van der Waals surface area (Å²) in [6.07, 6.45) is 0. The van der Waals surface area contributed by atoms with Gasteiger partial charge in [0.25, 0.3) is 0 Å². The lowest BCUT2D eigenvalue weighted by Gasteiger charge is -2.07. The number of sulfone groups is 1. The van der Waals surface area contributed by atoms with Gasteiger partial charge in [-0.2, -0.15) is 0 Å². The molecule has 0 atom stereocenters. The van der Waals surface area contributed by atoms with Crippen molar-refractivity contribution < 1.29 is 18.2 Å². The van der Waals surface area contributed by atoms with Gasteiger partial charge in [0.2, 0.25) is 15.6 Å². The van der Waals surface area contributed by atoms with Crippen LogP contribution in [0.25, 0.3) is 0 Å². The number of fused-ring (bicyclic) bond motifs is 2. The van der Waals surface area contributed by atoms with Crippen molar-refractivity contribution in [3.05, 3.63) is 46.4 Å². The fraction of sp³-hybridized carbons (Fsp3) is 0. The van der Waals surface area contributed by atoms with Crippen LogP contribution in [0, 0.1) is 0 Å². The zero-order valence-electron chi connectivity index (χ0n) is 9.26. The third kappa shape index (κ3) is 1.85. The Kier molecular flexibility index (Phi) is 2.85. The molecule has 98 valence electrons. The molecule has 0 bridgehead atoms. The second kappa shape index (κ2) is 4.30. The highest BCUT2D eigenvalue weighted by Gasteiger charge is 2.32. The van der Waals surface area contributed by atoms with Crippen LogP contribution >= 0.6 is 23.2 Å². The van der Waals surface area contributed by atoms with Crippen molar-refractivity contribution in [2.24, 2.45) is 0 Å². The van der Waals surface area contributed by atoms with E-state index in [0.717, 1.165) is 0 Å². The lowest BCUT2D eigenvalue weighted by molar-refractivity contribution is -0.104. The smallest absolute Gasteiger partial charge is 0.217 e. The summed E-state index contributed by atoms with van der Waals surface area (Å²) in [6, 6.07) is 8.91. The number of rotatable bonds is 0. The molecule has 0 fully saturated rings. The maximum atomic E-state index is 12.5. The van der Waals surface area contributed by atoms with E-state index in [9.17, 15) is 8.42 Å². The Balaban J connectivity index is 2.36. The maximum absolute atomic E-state index is 12.5. The number of hydrogen-bond acceptors (Lipinski definition) is 4. The monoisotopic (exact) mass is 316 g/mol. The van der Waals surface area contributed by atoms with Crippen LogP contribution in [0.15, 0.2) is 46.2 Å². The number of para-hydroxylation sites is 1. The summed E-state index contributed by atoms with van der Waals surface area (Å²) in [6.45, 7) is 0. The van der Waals surface area contributed by atoms with Crippen molar-refractivity contribution in [3.8, 4) is 11.5 Å². The topological polar surface area (TPSA) is 52.6 Å². The normalized spacial score (nSPS) is 15.5. The van der Waals surface area contributed by atoms with Gasteiger partial charge < -0.3 is 0 Å². The summed E-state index contributed by atoms with van der Waals surface area (Å²) in [5.41, 5.74) is 0. The Morgan fingerprint density at radius 3 is 2.42 bits per heavy atom. The second-order valence-corrected chi connectivity index (χ2v) is 6.48. The molecular formula is C12H6Cl2O4S. The van der Waals surface area contributed by atoms with E-state index in [0.29, 0.717) is 0 Å². The molecule has 3 rings (SSSR count). The third-order valence-corrected chi connectivity index (χ3v) is 5.26. The van der Waals surface area contributed by atoms with E-state index in [1.54, 1.807) is 12.1 Å². The molecule has 1 heterocycles. The van der Waals surface area contributed by atoms with E-state index in [2.05, 4.69) is 0 Å². The summed E-state index contributed by atoms with van der Waals surface area (Å²) in [4.78, 5) is 9.99. The fourth-order valence-electron chi connectivity index (χ4n) is 1.75. The first-order chi connectivity index (χ1) is 9.01. The van der Waals surface area contributed by atoms with Crippen LogP contribution in [0.1, 0.15) is 0 Å². The molecule has 2 aromatic carbocycles. The van der Waals surface area contributed by atoms with Gasteiger partial charge in [0, 0.05) is 0 Å². The summed E-state index contributed by atoms with van der Waals surface area (Å²) >= 11 is 11.8. The minimum absolute atomic E-state index is 0.00412. The van der Waals surface area contributed by atoms with Gasteiger partial charge in [0.1, 0.15) is 14.8 Å². The first-order valence-electron chi connectivity index (χ1n) is 5.18. The Morgan fingerprint density at radius 2 is 1.63 bits per heavy atom. The molecule has 0 saturated heterocycles. The van der Waals surface area contributed by atoms with Crippen LogP contribution in [0.4, 0.5) is 0 Å². The molecule has 1 aliphatic rings. The number of halogens is 2. The predicted molar refractivity (Wildman–Crippen MR) is 69.6 cm³/mol. The molecule has 4 nitrogen and oxygen atoms in total. The molecule has 7 heteroatoms. The second-order valence-electron chi connectivity index (χ2n) is 3.81. The van der Waals surface area contributed by atoms with Crippen LogP contribution in [0.2, 0.25) is 10.0 Å². The summed E-state index contributed by atoms with van der Waals surface area (Å²) in [5, 5.41) is 0.181. The summed E-state index contributed by atoms with van der Waals surface area (Å²) in [5.74, 6) is -0.00347. The van der Waals surface area contributed by atoms with Crippen LogP contribution in [0.5, 0.6) is 11.5 Å². The van der Waals surface area contributed by atoms with Crippen molar-refractivity contribution in [2.75, 3.05) is 0 Å². The predicted octanol–water partition coefficient (Wildman–Crippen LogP) is 3.51. The van der Waals surface area contributed by atoms with E-state index in [1.807, 2.05) is 0 Å². The minimum atomic E-state index is -3.77. The number of hydrogen-bond donors (Lipinski definition) is 0. The van der Waals surface area contributed by atoms with E-state index in [-0.39, 0.29) is 31.3 Å². The van der Waals surface area contributed by atoms with Gasteiger partial charge in [-0.1, -0.05) is 35.3 Å². The lowest BCUT2D eigenvalue weighted by Crippen LogP contribution is -2.01. The first kappa shape index (κ1) is 12.6. The average Bonchev–Trinajstić information content (AvgIpc) is 2.50. The molecular weight excluding hydrogens is 311 g/mol. The quantitative estimate of drug-likeness (QED) is 0.698. The molecule has 0 spiro atoms. The van der Waals surface area contributed by atoms with Gasteiger partial charge in [-0.15, -0.1) is 0 Å². The molecule has 19 heavy (non-hydrogen) atoms. The Morgan fingerprint density at radius 1 is 0.895 bits per heavy atom. The van der Waals surface area contributed by atoms with Crippen molar-refractivity contribution >= 4 is 33.0 Å². The first-order valence-corrected chi connectivity index (χ1v) is 7.42. The largest absolute Gasteiger partial charge is 0.288 e. The van der Waals surface area contributed by atoms with E-state index >= 15 is 0 Å². The minimum Gasteiger partial charge on any atom is -0.288 e. The zero-order valence-corrected chi connectivity index (χ0v) is 11.6. The molecule has 0 amide bonds. The summed E-state index contributed by atoms with van der Waals surface area (Å²) < 4.78 is 25.0. The fourth-order valence-corrected chi connectivity index (χ4v) is 3.64. The number of benzene rings is 2. The van der Waals surface area contributed by atoms with E-state index in [4.69, 9.17) is 33.0 Å². The van der Waals surface area contributed by atoms with Crippen molar-refractivity contribution in [3.63, 3.8) is 0 Å². The van der Waals surface area contributed by atoms with Gasteiger partial charge in [-0.05, 0) is 24.3 Å². The van der Waals surface area contributed by atoms with Crippen LogP contribution in [0.3, 0.4) is 0 Å². The molecule has 0 aromatic heterocycles. The lowest BCUT2D eigenvalue weighted by atomic mass is 10.3.